The van der Waals surface area contributed by atoms with Crippen molar-refractivity contribution >= 4 is 97.2 Å². The molecule has 0 aliphatic heterocycles. The van der Waals surface area contributed by atoms with Crippen LogP contribution in [0.25, 0.3) is 103 Å². The molecule has 0 radical (unpaired) electrons. The molecule has 11 rings (SSSR count). The van der Waals surface area contributed by atoms with Gasteiger partial charge in [0.2, 0.25) is 0 Å². The summed E-state index contributed by atoms with van der Waals surface area (Å²) in [5.41, 5.74) is 9.40. The summed E-state index contributed by atoms with van der Waals surface area (Å²) in [6.45, 7) is 0. The van der Waals surface area contributed by atoms with Gasteiger partial charge >= 0.3 is 0 Å². The average Bonchev–Trinajstić information content (AvgIpc) is 3.86. The van der Waals surface area contributed by atoms with Gasteiger partial charge in [-0.3, -0.25) is 0 Å². The van der Waals surface area contributed by atoms with E-state index in [1.807, 2.05) is 23.5 Å². The first-order chi connectivity index (χ1) is 22.8. The Morgan fingerprint density at radius 1 is 0.435 bits per heavy atom. The Bertz CT molecular complexity index is 3040. The Kier molecular flexibility index (Phi) is 4.72. The summed E-state index contributed by atoms with van der Waals surface area (Å²) in [6.07, 6.45) is 0. The van der Waals surface area contributed by atoms with E-state index in [1.165, 1.54) is 42.0 Å². The van der Waals surface area contributed by atoms with Gasteiger partial charge in [-0.2, -0.15) is 0 Å². The second kappa shape index (κ2) is 8.87. The van der Waals surface area contributed by atoms with Crippen molar-refractivity contribution in [2.45, 2.75) is 0 Å². The number of benzene rings is 7. The number of furan rings is 2. The van der Waals surface area contributed by atoms with Crippen molar-refractivity contribution in [2.75, 3.05) is 0 Å². The number of aromatic nitrogens is 1. The fraction of sp³-hybridized carbons (Fsp3) is 0. The fourth-order valence-electron chi connectivity index (χ4n) is 7.65. The maximum absolute atomic E-state index is 6.69. The van der Waals surface area contributed by atoms with Crippen LogP contribution in [0.1, 0.15) is 0 Å². The summed E-state index contributed by atoms with van der Waals surface area (Å²) in [5, 5.41) is 9.56. The SMILES string of the molecule is c1ccc2c(c1)oc1ccc3c(c4ccccc4n3-c3ccc4oc5c(-c6cccc7c6sc6ccccc67)cccc5c4c3)c12. The van der Waals surface area contributed by atoms with Gasteiger partial charge < -0.3 is 13.4 Å². The van der Waals surface area contributed by atoms with Crippen LogP contribution >= 0.6 is 11.3 Å². The molecular weight excluding hydrogens is 583 g/mol. The third kappa shape index (κ3) is 3.16. The molecule has 0 amide bonds. The molecular formula is C42H23NO2S. The third-order valence-corrected chi connectivity index (χ3v) is 10.8. The molecule has 0 spiro atoms. The van der Waals surface area contributed by atoms with E-state index < -0.39 is 0 Å². The van der Waals surface area contributed by atoms with Crippen LogP contribution in [0, 0.1) is 0 Å². The summed E-state index contributed by atoms with van der Waals surface area (Å²) >= 11 is 1.85. The molecule has 4 heterocycles. The molecule has 0 saturated carbocycles. The second-order valence-electron chi connectivity index (χ2n) is 12.0. The van der Waals surface area contributed by atoms with Gasteiger partial charge in [0.05, 0.1) is 11.0 Å². The zero-order valence-corrected chi connectivity index (χ0v) is 25.3. The van der Waals surface area contributed by atoms with E-state index in [-0.39, 0.29) is 0 Å². The van der Waals surface area contributed by atoms with Crippen molar-refractivity contribution in [1.29, 1.82) is 0 Å². The predicted molar refractivity (Wildman–Crippen MR) is 194 cm³/mol. The summed E-state index contributed by atoms with van der Waals surface area (Å²) in [5.74, 6) is 0. The molecule has 4 aromatic heterocycles. The Morgan fingerprint density at radius 2 is 1.15 bits per heavy atom. The number of hydrogen-bond donors (Lipinski definition) is 0. The average molecular weight is 606 g/mol. The molecule has 46 heavy (non-hydrogen) atoms. The van der Waals surface area contributed by atoms with Crippen molar-refractivity contribution in [2.24, 2.45) is 0 Å². The number of nitrogens with zero attached hydrogens (tertiary/aromatic N) is 1. The van der Waals surface area contributed by atoms with Gasteiger partial charge in [-0.05, 0) is 48.5 Å². The van der Waals surface area contributed by atoms with E-state index in [2.05, 4.69) is 132 Å². The molecule has 0 N–H and O–H groups in total. The quantitative estimate of drug-likeness (QED) is 0.196. The van der Waals surface area contributed by atoms with E-state index >= 15 is 0 Å². The highest BCUT2D eigenvalue weighted by Gasteiger charge is 2.20. The van der Waals surface area contributed by atoms with Crippen LogP contribution in [0.4, 0.5) is 0 Å². The molecule has 0 bridgehead atoms. The van der Waals surface area contributed by atoms with Gasteiger partial charge in [-0.15, -0.1) is 11.3 Å². The van der Waals surface area contributed by atoms with Gasteiger partial charge in [-0.1, -0.05) is 91.0 Å². The van der Waals surface area contributed by atoms with Gasteiger partial charge in [-0.25, -0.2) is 0 Å². The first-order valence-corrected chi connectivity index (χ1v) is 16.3. The molecule has 0 aliphatic carbocycles. The predicted octanol–water partition coefficient (Wildman–Crippen LogP) is 12.6. The van der Waals surface area contributed by atoms with Gasteiger partial charge in [0.15, 0.2) is 0 Å². The molecule has 0 aliphatic rings. The van der Waals surface area contributed by atoms with E-state index in [4.69, 9.17) is 8.83 Å². The monoisotopic (exact) mass is 605 g/mol. The van der Waals surface area contributed by atoms with Gasteiger partial charge in [0.1, 0.15) is 22.3 Å². The largest absolute Gasteiger partial charge is 0.456 e. The smallest absolute Gasteiger partial charge is 0.143 e. The zero-order chi connectivity index (χ0) is 29.9. The molecule has 0 atom stereocenters. The van der Waals surface area contributed by atoms with Gasteiger partial charge in [0, 0.05) is 69.3 Å². The Labute approximate surface area is 266 Å². The first kappa shape index (κ1) is 24.5. The van der Waals surface area contributed by atoms with Crippen LogP contribution in [0.15, 0.2) is 148 Å². The van der Waals surface area contributed by atoms with Crippen LogP contribution in [0.3, 0.4) is 0 Å². The maximum Gasteiger partial charge on any atom is 0.143 e. The van der Waals surface area contributed by atoms with E-state index in [0.29, 0.717) is 0 Å². The lowest BCUT2D eigenvalue weighted by Gasteiger charge is -2.08. The Hall–Kier alpha value is -5.84. The first-order valence-electron chi connectivity index (χ1n) is 15.5. The van der Waals surface area contributed by atoms with Crippen molar-refractivity contribution < 1.29 is 8.83 Å². The number of fused-ring (bicyclic) bond motifs is 13. The van der Waals surface area contributed by atoms with Crippen LogP contribution in [0.5, 0.6) is 0 Å². The number of para-hydroxylation sites is 3. The van der Waals surface area contributed by atoms with Crippen molar-refractivity contribution in [3.8, 4) is 16.8 Å². The molecule has 3 nitrogen and oxygen atoms in total. The van der Waals surface area contributed by atoms with Crippen molar-refractivity contribution in [3.05, 3.63) is 140 Å². The minimum Gasteiger partial charge on any atom is -0.456 e. The normalized spacial score (nSPS) is 12.3. The minimum absolute atomic E-state index is 0.888. The summed E-state index contributed by atoms with van der Waals surface area (Å²) < 4.78 is 18.0. The number of thiophene rings is 1. The standard InChI is InChI=1S/C42H23NO2S/c1-4-16-33-30(10-1)39-34(20-22-37-40(39)31-11-2-5-17-35(31)44-37)43(33)24-19-21-36-32(23-24)27-13-7-12-26(41(27)45-36)29-15-8-14-28-25-9-3-6-18-38(25)46-42(28)29/h1-23H. The minimum atomic E-state index is 0.888. The molecule has 214 valence electrons. The van der Waals surface area contributed by atoms with Crippen LogP contribution in [-0.4, -0.2) is 4.57 Å². The number of rotatable bonds is 2. The highest BCUT2D eigenvalue weighted by molar-refractivity contribution is 7.26. The second-order valence-corrected chi connectivity index (χ2v) is 13.1. The van der Waals surface area contributed by atoms with E-state index in [0.717, 1.165) is 60.6 Å². The van der Waals surface area contributed by atoms with Crippen molar-refractivity contribution in [1.82, 2.24) is 4.57 Å². The Balaban J connectivity index is 1.18. The highest BCUT2D eigenvalue weighted by Crippen LogP contribution is 2.45. The Morgan fingerprint density at radius 3 is 2.09 bits per heavy atom. The third-order valence-electron chi connectivity index (χ3n) is 9.61. The topological polar surface area (TPSA) is 31.2 Å². The zero-order valence-electron chi connectivity index (χ0n) is 24.5. The molecule has 0 saturated heterocycles. The summed E-state index contributed by atoms with van der Waals surface area (Å²) in [7, 11) is 0. The lowest BCUT2D eigenvalue weighted by Crippen LogP contribution is -1.93. The van der Waals surface area contributed by atoms with Gasteiger partial charge in [0.25, 0.3) is 0 Å². The highest BCUT2D eigenvalue weighted by atomic mass is 32.1. The van der Waals surface area contributed by atoms with Crippen LogP contribution in [0.2, 0.25) is 0 Å². The fourth-order valence-corrected chi connectivity index (χ4v) is 8.88. The molecule has 7 aromatic carbocycles. The maximum atomic E-state index is 6.69. The van der Waals surface area contributed by atoms with E-state index in [1.54, 1.807) is 0 Å². The lowest BCUT2D eigenvalue weighted by atomic mass is 10.00. The summed E-state index contributed by atoms with van der Waals surface area (Å²) in [6, 6.07) is 49.7. The molecule has 4 heteroatoms. The van der Waals surface area contributed by atoms with Crippen LogP contribution in [-0.2, 0) is 0 Å². The van der Waals surface area contributed by atoms with E-state index in [9.17, 15) is 0 Å². The summed E-state index contributed by atoms with van der Waals surface area (Å²) in [4.78, 5) is 0. The molecule has 0 fully saturated rings. The number of hydrogen-bond acceptors (Lipinski definition) is 3. The molecule has 11 aromatic rings. The molecule has 0 unspecified atom stereocenters. The van der Waals surface area contributed by atoms with Crippen LogP contribution < -0.4 is 0 Å². The lowest BCUT2D eigenvalue weighted by molar-refractivity contribution is 0.669. The van der Waals surface area contributed by atoms with Crippen molar-refractivity contribution in [3.63, 3.8) is 0 Å².